The van der Waals surface area contributed by atoms with Gasteiger partial charge in [-0.3, -0.25) is 14.6 Å². The Morgan fingerprint density at radius 3 is 2.55 bits per heavy atom. The Bertz CT molecular complexity index is 997. The van der Waals surface area contributed by atoms with Crippen molar-refractivity contribution in [1.29, 1.82) is 0 Å². The number of rotatable bonds is 4. The van der Waals surface area contributed by atoms with Crippen LogP contribution in [-0.4, -0.2) is 51.3 Å². The average Bonchev–Trinajstić information content (AvgIpc) is 3.19. The largest absolute Gasteiger partial charge is 0.483 e. The van der Waals surface area contributed by atoms with Gasteiger partial charge in [-0.2, -0.15) is 4.37 Å². The van der Waals surface area contributed by atoms with Gasteiger partial charge in [0, 0.05) is 30.7 Å². The van der Waals surface area contributed by atoms with E-state index in [4.69, 9.17) is 9.90 Å². The third kappa shape index (κ3) is 4.21. The van der Waals surface area contributed by atoms with Crippen molar-refractivity contribution in [3.05, 3.63) is 48.4 Å². The van der Waals surface area contributed by atoms with E-state index >= 15 is 0 Å². The summed E-state index contributed by atoms with van der Waals surface area (Å²) >= 11 is 1.43. The van der Waals surface area contributed by atoms with Crippen LogP contribution in [-0.2, 0) is 4.79 Å². The van der Waals surface area contributed by atoms with E-state index in [-0.39, 0.29) is 12.3 Å². The summed E-state index contributed by atoms with van der Waals surface area (Å²) in [5.74, 6) is 1.46. The van der Waals surface area contributed by atoms with Crippen molar-refractivity contribution >= 4 is 33.9 Å². The Balaban J connectivity index is 0.000000645. The van der Waals surface area contributed by atoms with Crippen LogP contribution in [0.3, 0.4) is 0 Å². The molecule has 0 saturated carbocycles. The number of ketones is 1. The third-order valence-electron chi connectivity index (χ3n) is 5.99. The maximum atomic E-state index is 12.9. The molecule has 3 saturated heterocycles. The van der Waals surface area contributed by atoms with E-state index in [9.17, 15) is 4.79 Å². The summed E-state index contributed by atoms with van der Waals surface area (Å²) in [5.41, 5.74) is 2.94. The normalized spacial score (nSPS) is 22.7. The SMILES string of the molecule is O=C(C[C@H]1CN2CCC1CC2)c1nsc2cc(-c3ccncc3)ccc12.O=CO. The van der Waals surface area contributed by atoms with Gasteiger partial charge in [0.15, 0.2) is 5.78 Å². The molecule has 1 aromatic carbocycles. The fourth-order valence-electron chi connectivity index (χ4n) is 4.52. The highest BCUT2D eigenvalue weighted by Crippen LogP contribution is 2.36. The van der Waals surface area contributed by atoms with Crippen molar-refractivity contribution in [1.82, 2.24) is 14.3 Å². The average molecular weight is 410 g/mol. The minimum absolute atomic E-state index is 0.215. The number of carbonyl (C=O) groups is 2. The van der Waals surface area contributed by atoms with Gasteiger partial charge in [-0.25, -0.2) is 0 Å². The maximum absolute atomic E-state index is 12.9. The molecule has 5 heterocycles. The molecule has 3 fully saturated rings. The highest BCUT2D eigenvalue weighted by atomic mass is 32.1. The van der Waals surface area contributed by atoms with Gasteiger partial charge in [-0.1, -0.05) is 12.1 Å². The number of carbonyl (C=O) groups excluding carboxylic acids is 1. The highest BCUT2D eigenvalue weighted by Gasteiger charge is 2.35. The Kier molecular flexibility index (Phi) is 5.97. The molecule has 0 aliphatic carbocycles. The summed E-state index contributed by atoms with van der Waals surface area (Å²) in [5, 5.41) is 7.89. The molecule has 7 heteroatoms. The maximum Gasteiger partial charge on any atom is 0.290 e. The van der Waals surface area contributed by atoms with E-state index in [0.29, 0.717) is 18.0 Å². The summed E-state index contributed by atoms with van der Waals surface area (Å²) in [7, 11) is 0. The van der Waals surface area contributed by atoms with E-state index in [1.54, 1.807) is 12.4 Å². The molecule has 3 aliphatic heterocycles. The number of fused-ring (bicyclic) bond motifs is 4. The number of piperidine rings is 3. The number of nitrogens with zero attached hydrogens (tertiary/aromatic N) is 3. The van der Waals surface area contributed by atoms with Gasteiger partial charge in [-0.15, -0.1) is 0 Å². The molecule has 0 amide bonds. The van der Waals surface area contributed by atoms with Crippen LogP contribution in [0.2, 0.25) is 0 Å². The van der Waals surface area contributed by atoms with Crippen LogP contribution in [0.4, 0.5) is 0 Å². The van der Waals surface area contributed by atoms with E-state index < -0.39 is 0 Å². The summed E-state index contributed by atoms with van der Waals surface area (Å²) in [6.07, 6.45) is 6.76. The number of hydrogen-bond acceptors (Lipinski definition) is 6. The number of pyridine rings is 1. The van der Waals surface area contributed by atoms with Crippen LogP contribution in [0.15, 0.2) is 42.7 Å². The molecule has 1 atom stereocenters. The first-order chi connectivity index (χ1) is 14.2. The first-order valence-corrected chi connectivity index (χ1v) is 10.6. The van der Waals surface area contributed by atoms with Crippen LogP contribution in [0.1, 0.15) is 29.8 Å². The highest BCUT2D eigenvalue weighted by molar-refractivity contribution is 7.13. The van der Waals surface area contributed by atoms with Gasteiger partial charge in [0.25, 0.3) is 6.47 Å². The molecular formula is C22H23N3O3S. The molecule has 6 nitrogen and oxygen atoms in total. The molecule has 2 bridgehead atoms. The van der Waals surface area contributed by atoms with Crippen LogP contribution in [0, 0.1) is 11.8 Å². The molecule has 6 rings (SSSR count). The van der Waals surface area contributed by atoms with Crippen molar-refractivity contribution in [2.75, 3.05) is 19.6 Å². The number of benzene rings is 1. The zero-order valence-electron chi connectivity index (χ0n) is 16.0. The monoisotopic (exact) mass is 409 g/mol. The minimum Gasteiger partial charge on any atom is -0.483 e. The molecule has 1 N–H and O–H groups in total. The quantitative estimate of drug-likeness (QED) is 0.518. The predicted octanol–water partition coefficient (Wildman–Crippen LogP) is 3.97. The lowest BCUT2D eigenvalue weighted by atomic mass is 9.76. The van der Waals surface area contributed by atoms with E-state index in [1.807, 2.05) is 12.1 Å². The van der Waals surface area contributed by atoms with Crippen LogP contribution >= 0.6 is 11.5 Å². The smallest absolute Gasteiger partial charge is 0.290 e. The molecule has 0 radical (unpaired) electrons. The predicted molar refractivity (Wildman–Crippen MR) is 113 cm³/mol. The Hall–Kier alpha value is -2.64. The first-order valence-electron chi connectivity index (χ1n) is 9.83. The molecule has 3 aromatic rings. The second-order valence-corrected chi connectivity index (χ2v) is 8.41. The van der Waals surface area contributed by atoms with Crippen LogP contribution in [0.5, 0.6) is 0 Å². The summed E-state index contributed by atoms with van der Waals surface area (Å²) in [4.78, 5) is 27.9. The minimum atomic E-state index is -0.250. The number of carboxylic acid groups (broad SMARTS) is 1. The van der Waals surface area contributed by atoms with E-state index in [2.05, 4.69) is 32.5 Å². The standard InChI is InChI=1S/C21H21N3OS.CH2O2/c25-19(11-17-13-24-9-5-15(17)6-10-24)21-18-2-1-16(12-20(18)26-23-21)14-3-7-22-8-4-14;2-1-3/h1-4,7-8,12,15,17H,5-6,9-11,13H2;1H,(H,2,3)/t17-;/m0./s1. The molecule has 0 spiro atoms. The van der Waals surface area contributed by atoms with Gasteiger partial charge in [0.05, 0.1) is 4.70 Å². The third-order valence-corrected chi connectivity index (χ3v) is 6.80. The molecule has 29 heavy (non-hydrogen) atoms. The fourth-order valence-corrected chi connectivity index (χ4v) is 5.35. The van der Waals surface area contributed by atoms with Crippen molar-refractivity contribution < 1.29 is 14.7 Å². The molecule has 3 aliphatic rings. The summed E-state index contributed by atoms with van der Waals surface area (Å²) in [6.45, 7) is 3.27. The van der Waals surface area contributed by atoms with Crippen LogP contribution < -0.4 is 0 Å². The summed E-state index contributed by atoms with van der Waals surface area (Å²) in [6, 6.07) is 10.3. The second-order valence-electron chi connectivity index (χ2n) is 7.61. The van der Waals surface area contributed by atoms with Crippen molar-refractivity contribution in [3.8, 4) is 11.1 Å². The number of Topliss-reactive ketones (excluding diaryl/α,β-unsaturated/α-hetero) is 1. The number of hydrogen-bond donors (Lipinski definition) is 1. The van der Waals surface area contributed by atoms with Gasteiger partial charge in [0.1, 0.15) is 5.69 Å². The first kappa shape index (κ1) is 19.7. The van der Waals surface area contributed by atoms with Gasteiger partial charge >= 0.3 is 0 Å². The van der Waals surface area contributed by atoms with E-state index in [0.717, 1.165) is 33.7 Å². The van der Waals surface area contributed by atoms with Gasteiger partial charge < -0.3 is 10.0 Å². The van der Waals surface area contributed by atoms with Gasteiger partial charge in [-0.05, 0) is 78.6 Å². The molecule has 150 valence electrons. The molecule has 2 aromatic heterocycles. The Morgan fingerprint density at radius 1 is 1.17 bits per heavy atom. The lowest BCUT2D eigenvalue weighted by Crippen LogP contribution is -2.47. The topological polar surface area (TPSA) is 83.4 Å². The number of aromatic nitrogens is 2. The zero-order valence-corrected chi connectivity index (χ0v) is 16.8. The van der Waals surface area contributed by atoms with E-state index in [1.165, 1.54) is 37.5 Å². The summed E-state index contributed by atoms with van der Waals surface area (Å²) < 4.78 is 5.60. The second kappa shape index (κ2) is 8.80. The Morgan fingerprint density at radius 2 is 1.90 bits per heavy atom. The van der Waals surface area contributed by atoms with Crippen molar-refractivity contribution in [2.24, 2.45) is 11.8 Å². The van der Waals surface area contributed by atoms with Crippen molar-refractivity contribution in [2.45, 2.75) is 19.3 Å². The lowest BCUT2D eigenvalue weighted by molar-refractivity contribution is -0.122. The Labute approximate surface area is 173 Å². The van der Waals surface area contributed by atoms with Crippen molar-refractivity contribution in [3.63, 3.8) is 0 Å². The lowest BCUT2D eigenvalue weighted by Gasteiger charge is -2.44. The fraction of sp³-hybridized carbons (Fsp3) is 0.364. The van der Waals surface area contributed by atoms with Gasteiger partial charge in [0.2, 0.25) is 0 Å². The molecular weight excluding hydrogens is 386 g/mol. The molecule has 0 unspecified atom stereocenters. The zero-order chi connectivity index (χ0) is 20.2. The van der Waals surface area contributed by atoms with Crippen LogP contribution in [0.25, 0.3) is 21.2 Å².